The van der Waals surface area contributed by atoms with Crippen LogP contribution in [0.15, 0.2) is 0 Å². The average Bonchev–Trinajstić information content (AvgIpc) is 2.89. The second-order valence-corrected chi connectivity index (χ2v) is 5.44. The molecule has 0 bridgehead atoms. The van der Waals surface area contributed by atoms with E-state index in [1.807, 2.05) is 18.7 Å². The number of nitrogens with zero attached hydrogens (tertiary/aromatic N) is 4. The average molecular weight is 294 g/mol. The number of carbonyl (C=O) groups is 1. The van der Waals surface area contributed by atoms with E-state index >= 15 is 0 Å². The van der Waals surface area contributed by atoms with Crippen molar-refractivity contribution in [2.75, 3.05) is 37.0 Å². The minimum absolute atomic E-state index is 0.291. The number of primary amides is 1. The first kappa shape index (κ1) is 15.3. The largest absolute Gasteiger partial charge is 0.463 e. The highest BCUT2D eigenvalue weighted by Gasteiger charge is 2.40. The van der Waals surface area contributed by atoms with Gasteiger partial charge in [-0.05, 0) is 19.8 Å². The van der Waals surface area contributed by atoms with Gasteiger partial charge in [0.25, 0.3) is 0 Å². The molecule has 0 saturated carbocycles. The van der Waals surface area contributed by atoms with E-state index in [0.717, 1.165) is 6.42 Å². The Morgan fingerprint density at radius 3 is 2.81 bits per heavy atom. The summed E-state index contributed by atoms with van der Waals surface area (Å²) in [4.78, 5) is 26.3. The zero-order valence-corrected chi connectivity index (χ0v) is 12.7. The van der Waals surface area contributed by atoms with Gasteiger partial charge in [-0.15, -0.1) is 0 Å². The molecule has 0 aliphatic carbocycles. The number of aromatic nitrogens is 3. The fourth-order valence-electron chi connectivity index (χ4n) is 2.19. The molecule has 1 aromatic rings. The Bertz CT molecular complexity index is 523. The van der Waals surface area contributed by atoms with E-state index in [9.17, 15) is 4.79 Å². The monoisotopic (exact) mass is 294 g/mol. The molecule has 0 radical (unpaired) electrons. The molecule has 1 aromatic heterocycles. The fourth-order valence-corrected chi connectivity index (χ4v) is 2.19. The topological polar surface area (TPSA) is 106 Å². The van der Waals surface area contributed by atoms with Gasteiger partial charge < -0.3 is 20.7 Å². The van der Waals surface area contributed by atoms with Crippen molar-refractivity contribution in [1.29, 1.82) is 0 Å². The molecule has 116 valence electrons. The van der Waals surface area contributed by atoms with Crippen molar-refractivity contribution >= 4 is 17.8 Å². The Labute approximate surface area is 124 Å². The lowest BCUT2D eigenvalue weighted by Crippen LogP contribution is -2.37. The van der Waals surface area contributed by atoms with Crippen LogP contribution in [0, 0.1) is 5.41 Å². The van der Waals surface area contributed by atoms with E-state index in [1.54, 1.807) is 7.05 Å². The molecule has 1 aliphatic heterocycles. The zero-order chi connectivity index (χ0) is 15.5. The molecule has 0 aromatic carbocycles. The number of ether oxygens (including phenoxy) is 1. The third kappa shape index (κ3) is 3.32. The van der Waals surface area contributed by atoms with E-state index in [2.05, 4.69) is 20.3 Å². The molecule has 3 N–H and O–H groups in total. The number of amides is 1. The molecule has 1 aliphatic rings. The maximum atomic E-state index is 11.5. The van der Waals surface area contributed by atoms with Crippen LogP contribution in [0.1, 0.15) is 26.7 Å². The van der Waals surface area contributed by atoms with Crippen molar-refractivity contribution in [3.8, 4) is 6.01 Å². The Morgan fingerprint density at radius 2 is 2.24 bits per heavy atom. The molecular formula is C13H22N6O2. The van der Waals surface area contributed by atoms with Gasteiger partial charge in [0.15, 0.2) is 0 Å². The zero-order valence-electron chi connectivity index (χ0n) is 12.7. The van der Waals surface area contributed by atoms with Crippen molar-refractivity contribution in [2.24, 2.45) is 11.1 Å². The lowest BCUT2D eigenvalue weighted by atomic mass is 9.89. The summed E-state index contributed by atoms with van der Waals surface area (Å²) in [6.45, 7) is 5.61. The molecule has 1 saturated heterocycles. The Hall–Kier alpha value is -2.12. The quantitative estimate of drug-likeness (QED) is 0.782. The van der Waals surface area contributed by atoms with Crippen LogP contribution in [0.25, 0.3) is 0 Å². The summed E-state index contributed by atoms with van der Waals surface area (Å²) in [6.07, 6.45) is 1.56. The first-order valence-corrected chi connectivity index (χ1v) is 7.10. The maximum absolute atomic E-state index is 11.5. The van der Waals surface area contributed by atoms with E-state index in [0.29, 0.717) is 44.0 Å². The van der Waals surface area contributed by atoms with E-state index in [1.165, 1.54) is 0 Å². The molecule has 2 heterocycles. The molecular weight excluding hydrogens is 272 g/mol. The van der Waals surface area contributed by atoms with Crippen molar-refractivity contribution in [1.82, 2.24) is 15.0 Å². The number of nitrogens with two attached hydrogens (primary N) is 1. The van der Waals surface area contributed by atoms with Crippen LogP contribution < -0.4 is 20.7 Å². The van der Waals surface area contributed by atoms with Crippen LogP contribution >= 0.6 is 0 Å². The van der Waals surface area contributed by atoms with Gasteiger partial charge in [-0.25, -0.2) is 0 Å². The van der Waals surface area contributed by atoms with Gasteiger partial charge in [-0.3, -0.25) is 4.79 Å². The molecule has 1 atom stereocenters. The summed E-state index contributed by atoms with van der Waals surface area (Å²) in [5.41, 5.74) is 4.92. The Kier molecular flexibility index (Phi) is 4.44. The summed E-state index contributed by atoms with van der Waals surface area (Å²) < 4.78 is 5.48. The SMILES string of the molecule is CCCOc1nc(NC)nc(N2CCC(C)(C(N)=O)C2)n1. The second kappa shape index (κ2) is 6.11. The van der Waals surface area contributed by atoms with Gasteiger partial charge in [0, 0.05) is 20.1 Å². The molecule has 1 amide bonds. The van der Waals surface area contributed by atoms with Gasteiger partial charge in [0.2, 0.25) is 17.8 Å². The number of anilines is 2. The van der Waals surface area contributed by atoms with Crippen molar-refractivity contribution in [3.05, 3.63) is 0 Å². The standard InChI is InChI=1S/C13H22N6O2/c1-4-7-21-12-17-10(15-3)16-11(18-12)19-6-5-13(2,8-19)9(14)20/h4-8H2,1-3H3,(H2,14,20)(H,15,16,17,18). The molecule has 0 spiro atoms. The highest BCUT2D eigenvalue weighted by Crippen LogP contribution is 2.32. The first-order chi connectivity index (χ1) is 9.98. The van der Waals surface area contributed by atoms with Gasteiger partial charge in [0.05, 0.1) is 12.0 Å². The summed E-state index contributed by atoms with van der Waals surface area (Å²) in [5, 5.41) is 2.89. The number of rotatable bonds is 6. The smallest absolute Gasteiger partial charge is 0.323 e. The number of hydrogen-bond donors (Lipinski definition) is 2. The second-order valence-electron chi connectivity index (χ2n) is 5.44. The first-order valence-electron chi connectivity index (χ1n) is 7.10. The number of hydrogen-bond acceptors (Lipinski definition) is 7. The normalized spacial score (nSPS) is 21.4. The predicted octanol–water partition coefficient (Wildman–Crippen LogP) is 0.404. The van der Waals surface area contributed by atoms with Crippen LogP contribution in [-0.4, -0.2) is 47.6 Å². The van der Waals surface area contributed by atoms with Gasteiger partial charge in [0.1, 0.15) is 0 Å². The third-order valence-electron chi connectivity index (χ3n) is 3.61. The summed E-state index contributed by atoms with van der Waals surface area (Å²) in [7, 11) is 1.74. The van der Waals surface area contributed by atoms with Crippen LogP contribution in [0.5, 0.6) is 6.01 Å². The molecule has 21 heavy (non-hydrogen) atoms. The summed E-state index contributed by atoms with van der Waals surface area (Å²) in [6, 6.07) is 0.291. The van der Waals surface area contributed by atoms with E-state index in [4.69, 9.17) is 10.5 Å². The van der Waals surface area contributed by atoms with Crippen LogP contribution in [0.4, 0.5) is 11.9 Å². The third-order valence-corrected chi connectivity index (χ3v) is 3.61. The van der Waals surface area contributed by atoms with E-state index < -0.39 is 5.41 Å². The Morgan fingerprint density at radius 1 is 1.48 bits per heavy atom. The minimum Gasteiger partial charge on any atom is -0.463 e. The summed E-state index contributed by atoms with van der Waals surface area (Å²) >= 11 is 0. The summed E-state index contributed by atoms with van der Waals surface area (Å²) in [5.74, 6) is 0.652. The van der Waals surface area contributed by atoms with Gasteiger partial charge >= 0.3 is 6.01 Å². The van der Waals surface area contributed by atoms with Crippen molar-refractivity contribution < 1.29 is 9.53 Å². The highest BCUT2D eigenvalue weighted by molar-refractivity contribution is 5.81. The number of nitrogens with one attached hydrogen (secondary N) is 1. The minimum atomic E-state index is -0.545. The lowest BCUT2D eigenvalue weighted by molar-refractivity contribution is -0.125. The Balaban J connectivity index is 2.21. The fraction of sp³-hybridized carbons (Fsp3) is 0.692. The maximum Gasteiger partial charge on any atom is 0.323 e. The van der Waals surface area contributed by atoms with E-state index in [-0.39, 0.29) is 5.91 Å². The van der Waals surface area contributed by atoms with Crippen molar-refractivity contribution in [2.45, 2.75) is 26.7 Å². The lowest BCUT2D eigenvalue weighted by Gasteiger charge is -2.21. The van der Waals surface area contributed by atoms with Gasteiger partial charge in [-0.2, -0.15) is 15.0 Å². The molecule has 1 fully saturated rings. The predicted molar refractivity (Wildman–Crippen MR) is 79.3 cm³/mol. The molecule has 1 unspecified atom stereocenters. The highest BCUT2D eigenvalue weighted by atomic mass is 16.5. The number of carbonyl (C=O) groups excluding carboxylic acids is 1. The van der Waals surface area contributed by atoms with Gasteiger partial charge in [-0.1, -0.05) is 6.92 Å². The molecule has 8 nitrogen and oxygen atoms in total. The molecule has 8 heteroatoms. The van der Waals surface area contributed by atoms with Crippen LogP contribution in [0.2, 0.25) is 0 Å². The molecule has 2 rings (SSSR count). The van der Waals surface area contributed by atoms with Crippen LogP contribution in [-0.2, 0) is 4.79 Å². The van der Waals surface area contributed by atoms with Crippen molar-refractivity contribution in [3.63, 3.8) is 0 Å². The van der Waals surface area contributed by atoms with Crippen LogP contribution in [0.3, 0.4) is 0 Å².